The van der Waals surface area contributed by atoms with Crippen LogP contribution in [0.4, 0.5) is 0 Å². The molecule has 0 saturated carbocycles. The zero-order chi connectivity index (χ0) is 24.5. The summed E-state index contributed by atoms with van der Waals surface area (Å²) in [5, 5.41) is 2.93. The highest BCUT2D eigenvalue weighted by atomic mass is 16.5. The number of aryl methyl sites for hydroxylation is 2. The largest absolute Gasteiger partial charge is 0.497 e. The summed E-state index contributed by atoms with van der Waals surface area (Å²) in [6.07, 6.45) is 0.673. The first-order chi connectivity index (χ1) is 16.4. The van der Waals surface area contributed by atoms with E-state index in [2.05, 4.69) is 11.4 Å². The van der Waals surface area contributed by atoms with E-state index in [0.29, 0.717) is 19.5 Å². The van der Waals surface area contributed by atoms with E-state index in [-0.39, 0.29) is 18.2 Å². The highest BCUT2D eigenvalue weighted by Gasteiger charge is 2.30. The molecule has 3 aromatic carbocycles. The van der Waals surface area contributed by atoms with Gasteiger partial charge in [0.05, 0.1) is 13.5 Å². The van der Waals surface area contributed by atoms with E-state index in [1.807, 2.05) is 87.5 Å². The SMILES string of the molecule is CCNC(=O)[C@H](Cc1ccccc1)N(Cc1cccc(OC)c1)C(=O)Cc1cc(C)cc(C)c1. The van der Waals surface area contributed by atoms with E-state index in [4.69, 9.17) is 4.74 Å². The molecule has 0 aliphatic carbocycles. The molecular weight excluding hydrogens is 424 g/mol. The molecule has 34 heavy (non-hydrogen) atoms. The Morgan fingerprint density at radius 2 is 1.56 bits per heavy atom. The van der Waals surface area contributed by atoms with Gasteiger partial charge in [0.2, 0.25) is 11.8 Å². The molecular formula is C29H34N2O3. The number of nitrogens with zero attached hydrogens (tertiary/aromatic N) is 1. The standard InChI is InChI=1S/C29H34N2O3/c1-5-30-29(33)27(18-23-10-7-6-8-11-23)31(20-24-12-9-13-26(17-24)34-4)28(32)19-25-15-21(2)14-22(3)16-25/h6-17,27H,5,18-20H2,1-4H3,(H,30,33)/t27-/m0/s1. The number of likely N-dealkylation sites (N-methyl/N-ethyl adjacent to an activating group) is 1. The van der Waals surface area contributed by atoms with Crippen LogP contribution in [0, 0.1) is 13.8 Å². The molecule has 0 radical (unpaired) electrons. The number of benzene rings is 3. The predicted octanol–water partition coefficient (Wildman–Crippen LogP) is 4.63. The van der Waals surface area contributed by atoms with Crippen molar-refractivity contribution in [3.8, 4) is 5.75 Å². The van der Waals surface area contributed by atoms with Crippen molar-refractivity contribution in [2.75, 3.05) is 13.7 Å². The normalized spacial score (nSPS) is 11.5. The van der Waals surface area contributed by atoms with Gasteiger partial charge in [-0.15, -0.1) is 0 Å². The summed E-state index contributed by atoms with van der Waals surface area (Å²) >= 11 is 0. The Morgan fingerprint density at radius 1 is 0.882 bits per heavy atom. The quantitative estimate of drug-likeness (QED) is 0.482. The van der Waals surface area contributed by atoms with Crippen LogP contribution in [0.5, 0.6) is 5.75 Å². The van der Waals surface area contributed by atoms with Gasteiger partial charge in [-0.05, 0) is 49.6 Å². The first-order valence-electron chi connectivity index (χ1n) is 11.7. The number of methoxy groups -OCH3 is 1. The van der Waals surface area contributed by atoms with E-state index in [0.717, 1.165) is 33.6 Å². The van der Waals surface area contributed by atoms with Crippen LogP contribution < -0.4 is 10.1 Å². The van der Waals surface area contributed by atoms with Crippen LogP contribution in [-0.2, 0) is 29.0 Å². The fourth-order valence-electron chi connectivity index (χ4n) is 4.26. The lowest BCUT2D eigenvalue weighted by atomic mass is 10.0. The molecule has 5 heteroatoms. The highest BCUT2D eigenvalue weighted by molar-refractivity contribution is 5.88. The zero-order valence-electron chi connectivity index (χ0n) is 20.5. The molecule has 0 aliphatic heterocycles. The summed E-state index contributed by atoms with van der Waals surface area (Å²) in [6.45, 7) is 6.77. The van der Waals surface area contributed by atoms with E-state index in [9.17, 15) is 9.59 Å². The summed E-state index contributed by atoms with van der Waals surface area (Å²) in [6, 6.07) is 23.0. The van der Waals surface area contributed by atoms with Crippen molar-refractivity contribution in [1.82, 2.24) is 10.2 Å². The lowest BCUT2D eigenvalue weighted by molar-refractivity contribution is -0.140. The summed E-state index contributed by atoms with van der Waals surface area (Å²) in [5.41, 5.74) is 5.11. The molecule has 0 aliphatic rings. The van der Waals surface area contributed by atoms with Gasteiger partial charge in [-0.3, -0.25) is 9.59 Å². The Morgan fingerprint density at radius 3 is 2.21 bits per heavy atom. The van der Waals surface area contributed by atoms with Crippen LogP contribution >= 0.6 is 0 Å². The third-order valence-corrected chi connectivity index (χ3v) is 5.75. The molecule has 0 aromatic heterocycles. The van der Waals surface area contributed by atoms with E-state index in [1.165, 1.54) is 0 Å². The van der Waals surface area contributed by atoms with Crippen LogP contribution in [0.15, 0.2) is 72.8 Å². The molecule has 1 N–H and O–H groups in total. The Balaban J connectivity index is 1.98. The molecule has 0 saturated heterocycles. The van der Waals surface area contributed by atoms with Crippen molar-refractivity contribution in [3.05, 3.63) is 101 Å². The molecule has 0 fully saturated rings. The van der Waals surface area contributed by atoms with Gasteiger partial charge in [0.15, 0.2) is 0 Å². The fraction of sp³-hybridized carbons (Fsp3) is 0.310. The van der Waals surface area contributed by atoms with Gasteiger partial charge in [0.1, 0.15) is 11.8 Å². The van der Waals surface area contributed by atoms with Crippen molar-refractivity contribution in [3.63, 3.8) is 0 Å². The Kier molecular flexibility index (Phi) is 8.86. The van der Waals surface area contributed by atoms with Crippen molar-refractivity contribution < 1.29 is 14.3 Å². The van der Waals surface area contributed by atoms with Crippen LogP contribution in [0.1, 0.15) is 34.7 Å². The van der Waals surface area contributed by atoms with Crippen LogP contribution in [0.25, 0.3) is 0 Å². The molecule has 178 valence electrons. The monoisotopic (exact) mass is 458 g/mol. The number of hydrogen-bond donors (Lipinski definition) is 1. The van der Waals surface area contributed by atoms with Gasteiger partial charge in [-0.2, -0.15) is 0 Å². The average Bonchev–Trinajstić information content (AvgIpc) is 2.81. The maximum Gasteiger partial charge on any atom is 0.243 e. The summed E-state index contributed by atoms with van der Waals surface area (Å²) in [7, 11) is 1.62. The number of carbonyl (C=O) groups excluding carboxylic acids is 2. The maximum absolute atomic E-state index is 13.7. The molecule has 0 unspecified atom stereocenters. The number of hydrogen-bond acceptors (Lipinski definition) is 3. The number of carbonyl (C=O) groups is 2. The molecule has 1 atom stereocenters. The second-order valence-corrected chi connectivity index (χ2v) is 8.65. The molecule has 5 nitrogen and oxygen atoms in total. The number of ether oxygens (including phenoxy) is 1. The van der Waals surface area contributed by atoms with Gasteiger partial charge in [-0.1, -0.05) is 71.8 Å². The summed E-state index contributed by atoms with van der Waals surface area (Å²) < 4.78 is 5.38. The minimum atomic E-state index is -0.632. The first-order valence-corrected chi connectivity index (χ1v) is 11.7. The number of rotatable bonds is 10. The Hall–Kier alpha value is -3.60. The minimum absolute atomic E-state index is 0.0833. The molecule has 0 heterocycles. The maximum atomic E-state index is 13.7. The predicted molar refractivity (Wildman–Crippen MR) is 136 cm³/mol. The van der Waals surface area contributed by atoms with Crippen molar-refractivity contribution in [2.24, 2.45) is 0 Å². The zero-order valence-corrected chi connectivity index (χ0v) is 20.5. The molecule has 2 amide bonds. The van der Waals surface area contributed by atoms with Crippen molar-refractivity contribution in [2.45, 2.75) is 46.2 Å². The van der Waals surface area contributed by atoms with Crippen molar-refractivity contribution in [1.29, 1.82) is 0 Å². The van der Waals surface area contributed by atoms with Gasteiger partial charge >= 0.3 is 0 Å². The minimum Gasteiger partial charge on any atom is -0.497 e. The third-order valence-electron chi connectivity index (χ3n) is 5.75. The average molecular weight is 459 g/mol. The van der Waals surface area contributed by atoms with Gasteiger partial charge in [0, 0.05) is 19.5 Å². The third kappa shape index (κ3) is 6.95. The Labute approximate surface area is 202 Å². The first kappa shape index (κ1) is 25.0. The van der Waals surface area contributed by atoms with Crippen LogP contribution in [0.3, 0.4) is 0 Å². The molecule has 0 bridgehead atoms. The van der Waals surface area contributed by atoms with Crippen molar-refractivity contribution >= 4 is 11.8 Å². The van der Waals surface area contributed by atoms with E-state index < -0.39 is 6.04 Å². The van der Waals surface area contributed by atoms with E-state index in [1.54, 1.807) is 12.0 Å². The lowest BCUT2D eigenvalue weighted by Crippen LogP contribution is -2.50. The smallest absolute Gasteiger partial charge is 0.243 e. The highest BCUT2D eigenvalue weighted by Crippen LogP contribution is 2.20. The fourth-order valence-corrected chi connectivity index (χ4v) is 4.26. The molecule has 3 aromatic rings. The van der Waals surface area contributed by atoms with Gasteiger partial charge in [-0.25, -0.2) is 0 Å². The Bertz CT molecular complexity index is 1090. The number of nitrogens with one attached hydrogen (secondary N) is 1. The number of amides is 2. The van der Waals surface area contributed by atoms with Crippen LogP contribution in [0.2, 0.25) is 0 Å². The van der Waals surface area contributed by atoms with Crippen LogP contribution in [-0.4, -0.2) is 36.4 Å². The molecule has 0 spiro atoms. The van der Waals surface area contributed by atoms with Gasteiger partial charge in [0.25, 0.3) is 0 Å². The molecule has 3 rings (SSSR count). The topological polar surface area (TPSA) is 58.6 Å². The second kappa shape index (κ2) is 12.0. The van der Waals surface area contributed by atoms with E-state index >= 15 is 0 Å². The van der Waals surface area contributed by atoms with Gasteiger partial charge < -0.3 is 15.0 Å². The summed E-state index contributed by atoms with van der Waals surface area (Å²) in [5.74, 6) is 0.486. The lowest BCUT2D eigenvalue weighted by Gasteiger charge is -2.31. The summed E-state index contributed by atoms with van der Waals surface area (Å²) in [4.78, 5) is 28.7. The second-order valence-electron chi connectivity index (χ2n) is 8.65.